The van der Waals surface area contributed by atoms with Gasteiger partial charge in [-0.15, -0.1) is 0 Å². The van der Waals surface area contributed by atoms with Crippen molar-refractivity contribution in [2.45, 2.75) is 6.29 Å². The Kier molecular flexibility index (Phi) is 4.56. The molecule has 2 aromatic carbocycles. The molecule has 7 heteroatoms. The number of fused-ring (bicyclic) bond motifs is 1. The number of hydrogen-bond donors (Lipinski definition) is 0. The quantitative estimate of drug-likeness (QED) is 0.604. The van der Waals surface area contributed by atoms with E-state index in [-0.39, 0.29) is 6.29 Å². The van der Waals surface area contributed by atoms with Gasteiger partial charge in [0.25, 0.3) is 0 Å². The second-order valence-electron chi connectivity index (χ2n) is 6.03. The Labute approximate surface area is 149 Å². The Hall–Kier alpha value is -1.61. The minimum Gasteiger partial charge on any atom is -0.322 e. The van der Waals surface area contributed by atoms with Gasteiger partial charge < -0.3 is 4.57 Å². The molecule has 3 aromatic rings. The highest BCUT2D eigenvalue weighted by Gasteiger charge is 2.17. The van der Waals surface area contributed by atoms with Crippen LogP contribution < -0.4 is 5.69 Å². The molecule has 0 fully saturated rings. The molecule has 0 atom stereocenters. The number of rotatable bonds is 3. The molecule has 3 rings (SSSR count). The molecule has 0 amide bonds. The van der Waals surface area contributed by atoms with Crippen LogP contribution in [-0.2, 0) is 10.9 Å². The average molecular weight is 381 g/mol. The number of hydrogen-bond acceptors (Lipinski definition) is 3. The monoisotopic (exact) mass is 380 g/mol. The lowest BCUT2D eigenvalue weighted by atomic mass is 10.1. The van der Waals surface area contributed by atoms with E-state index in [9.17, 15) is 9.36 Å². The van der Waals surface area contributed by atoms with E-state index < -0.39 is 12.8 Å². The maximum Gasteiger partial charge on any atom is 0.349 e. The van der Waals surface area contributed by atoms with Gasteiger partial charge in [0.15, 0.2) is 0 Å². The van der Waals surface area contributed by atoms with Crippen LogP contribution in [0.5, 0.6) is 0 Å². The molecule has 1 heterocycles. The molecule has 24 heavy (non-hydrogen) atoms. The van der Waals surface area contributed by atoms with Crippen LogP contribution in [0.1, 0.15) is 0 Å². The molecular formula is C17H15Cl2N2O2P. The molecule has 0 bridgehead atoms. The molecule has 0 saturated carbocycles. The molecule has 1 aromatic heterocycles. The van der Waals surface area contributed by atoms with E-state index >= 15 is 0 Å². The molecule has 0 N–H and O–H groups in total. The van der Waals surface area contributed by atoms with Crippen molar-refractivity contribution in [2.24, 2.45) is 0 Å². The Balaban J connectivity index is 2.40. The molecule has 0 aliphatic rings. The lowest BCUT2D eigenvalue weighted by Crippen LogP contribution is -2.24. The highest BCUT2D eigenvalue weighted by Crippen LogP contribution is 2.39. The lowest BCUT2D eigenvalue weighted by molar-refractivity contribution is 0.573. The summed E-state index contributed by atoms with van der Waals surface area (Å²) in [5.74, 6) is 0. The zero-order chi connectivity index (χ0) is 17.5. The van der Waals surface area contributed by atoms with E-state index in [1.54, 1.807) is 43.7 Å². The average Bonchev–Trinajstić information content (AvgIpc) is 2.49. The van der Waals surface area contributed by atoms with Crippen molar-refractivity contribution >= 4 is 41.2 Å². The predicted molar refractivity (Wildman–Crippen MR) is 101 cm³/mol. The summed E-state index contributed by atoms with van der Waals surface area (Å²) < 4.78 is 13.7. The number of nitrogens with zero attached hydrogens (tertiary/aromatic N) is 2. The van der Waals surface area contributed by atoms with Crippen LogP contribution in [0.4, 0.5) is 0 Å². The second-order valence-corrected chi connectivity index (χ2v) is 10.3. The standard InChI is InChI=1S/C17H15Cl2N2O2P/c1-24(2,23)10-21-15-8-7-11(18)9-13(15)16(20-17(21)22)12-5-3-4-6-14(12)19/h3-9H,10H2,1-2H3. The number of halogens is 2. The van der Waals surface area contributed by atoms with Crippen LogP contribution in [0.3, 0.4) is 0 Å². The summed E-state index contributed by atoms with van der Waals surface area (Å²) in [5.41, 5.74) is 1.31. The fraction of sp³-hybridized carbons (Fsp3) is 0.176. The summed E-state index contributed by atoms with van der Waals surface area (Å²) in [6.07, 6.45) is 0.125. The van der Waals surface area contributed by atoms with E-state index in [2.05, 4.69) is 4.98 Å². The maximum atomic E-state index is 12.6. The summed E-state index contributed by atoms with van der Waals surface area (Å²) in [6, 6.07) is 12.4. The van der Waals surface area contributed by atoms with Crippen molar-refractivity contribution in [3.05, 3.63) is 63.0 Å². The van der Waals surface area contributed by atoms with Gasteiger partial charge in [-0.3, -0.25) is 4.57 Å². The first-order valence-corrected chi connectivity index (χ1v) is 10.8. The third-order valence-corrected chi connectivity index (χ3v) is 5.08. The van der Waals surface area contributed by atoms with Crippen molar-refractivity contribution < 1.29 is 4.57 Å². The third-order valence-electron chi connectivity index (χ3n) is 3.55. The van der Waals surface area contributed by atoms with Gasteiger partial charge in [0.05, 0.1) is 17.5 Å². The lowest BCUT2D eigenvalue weighted by Gasteiger charge is -2.15. The topological polar surface area (TPSA) is 52.0 Å². The highest BCUT2D eigenvalue weighted by molar-refractivity contribution is 7.61. The van der Waals surface area contributed by atoms with E-state index in [1.165, 1.54) is 4.57 Å². The summed E-state index contributed by atoms with van der Waals surface area (Å²) in [7, 11) is -2.46. The first-order chi connectivity index (χ1) is 11.3. The van der Waals surface area contributed by atoms with Crippen LogP contribution in [0.15, 0.2) is 47.3 Å². The number of benzene rings is 2. The van der Waals surface area contributed by atoms with E-state index in [0.29, 0.717) is 32.2 Å². The fourth-order valence-electron chi connectivity index (χ4n) is 2.59. The van der Waals surface area contributed by atoms with Crippen LogP contribution >= 0.6 is 30.3 Å². The molecule has 0 radical (unpaired) electrons. The van der Waals surface area contributed by atoms with Crippen LogP contribution in [0.2, 0.25) is 10.0 Å². The molecule has 0 unspecified atom stereocenters. The molecule has 0 saturated heterocycles. The van der Waals surface area contributed by atoms with E-state index in [0.717, 1.165) is 0 Å². The minimum absolute atomic E-state index is 0.125. The summed E-state index contributed by atoms with van der Waals surface area (Å²) in [6.45, 7) is 3.28. The van der Waals surface area contributed by atoms with Gasteiger partial charge in [0, 0.05) is 21.0 Å². The van der Waals surface area contributed by atoms with Gasteiger partial charge in [-0.05, 0) is 37.6 Å². The first kappa shape index (κ1) is 17.2. The van der Waals surface area contributed by atoms with Crippen molar-refractivity contribution in [3.8, 4) is 11.3 Å². The SMILES string of the molecule is CP(C)(=O)Cn1c(=O)nc(-c2ccccc2Cl)c2cc(Cl)ccc21. The largest absolute Gasteiger partial charge is 0.349 e. The van der Waals surface area contributed by atoms with Gasteiger partial charge in [0.2, 0.25) is 0 Å². The maximum absolute atomic E-state index is 12.6. The van der Waals surface area contributed by atoms with Crippen molar-refractivity contribution in [1.29, 1.82) is 0 Å². The van der Waals surface area contributed by atoms with Crippen molar-refractivity contribution in [2.75, 3.05) is 13.3 Å². The Morgan fingerprint density at radius 3 is 2.50 bits per heavy atom. The molecule has 124 valence electrons. The third kappa shape index (κ3) is 3.41. The van der Waals surface area contributed by atoms with Gasteiger partial charge >= 0.3 is 5.69 Å². The second kappa shape index (κ2) is 6.36. The van der Waals surface area contributed by atoms with Crippen LogP contribution in [0, 0.1) is 0 Å². The summed E-state index contributed by atoms with van der Waals surface area (Å²) >= 11 is 12.4. The van der Waals surface area contributed by atoms with Crippen LogP contribution in [-0.4, -0.2) is 22.9 Å². The Bertz CT molecular complexity index is 1040. The predicted octanol–water partition coefficient (Wildman–Crippen LogP) is 4.95. The number of aromatic nitrogens is 2. The normalized spacial score (nSPS) is 11.8. The molecule has 0 spiro atoms. The zero-order valence-corrected chi connectivity index (χ0v) is 15.6. The smallest absolute Gasteiger partial charge is 0.322 e. The van der Waals surface area contributed by atoms with E-state index in [1.807, 2.05) is 12.1 Å². The minimum atomic E-state index is -2.46. The molecular weight excluding hydrogens is 366 g/mol. The molecule has 0 aliphatic carbocycles. The van der Waals surface area contributed by atoms with Gasteiger partial charge in [-0.1, -0.05) is 41.4 Å². The van der Waals surface area contributed by atoms with Gasteiger partial charge in [-0.25, -0.2) is 4.79 Å². The van der Waals surface area contributed by atoms with Crippen molar-refractivity contribution in [3.63, 3.8) is 0 Å². The fourth-order valence-corrected chi connectivity index (χ4v) is 3.94. The van der Waals surface area contributed by atoms with Gasteiger partial charge in [-0.2, -0.15) is 4.98 Å². The Morgan fingerprint density at radius 1 is 1.12 bits per heavy atom. The molecule has 0 aliphatic heterocycles. The van der Waals surface area contributed by atoms with Crippen LogP contribution in [0.25, 0.3) is 22.2 Å². The summed E-state index contributed by atoms with van der Waals surface area (Å²) in [5, 5.41) is 1.72. The van der Waals surface area contributed by atoms with Crippen molar-refractivity contribution in [1.82, 2.24) is 9.55 Å². The van der Waals surface area contributed by atoms with E-state index in [4.69, 9.17) is 23.2 Å². The van der Waals surface area contributed by atoms with Gasteiger partial charge in [0.1, 0.15) is 7.14 Å². The Morgan fingerprint density at radius 2 is 1.83 bits per heavy atom. The molecule has 4 nitrogen and oxygen atoms in total. The highest BCUT2D eigenvalue weighted by atomic mass is 35.5. The summed E-state index contributed by atoms with van der Waals surface area (Å²) in [4.78, 5) is 16.8. The first-order valence-electron chi connectivity index (χ1n) is 7.25. The zero-order valence-electron chi connectivity index (χ0n) is 13.2.